The first-order valence-corrected chi connectivity index (χ1v) is 10.4. The van der Waals surface area contributed by atoms with Gasteiger partial charge >= 0.3 is 0 Å². The minimum atomic E-state index is -3.49. The molecule has 0 spiro atoms. The maximum absolute atomic E-state index is 12.9. The van der Waals surface area contributed by atoms with Gasteiger partial charge in [-0.25, -0.2) is 8.42 Å². The van der Waals surface area contributed by atoms with Crippen molar-refractivity contribution in [2.45, 2.75) is 24.0 Å². The van der Waals surface area contributed by atoms with Crippen LogP contribution in [0.2, 0.25) is 0 Å². The van der Waals surface area contributed by atoms with Crippen LogP contribution < -0.4 is 0 Å². The summed E-state index contributed by atoms with van der Waals surface area (Å²) in [4.78, 5) is 8.95. The minimum Gasteiger partial charge on any atom is -0.300 e. The van der Waals surface area contributed by atoms with Crippen LogP contribution in [0.15, 0.2) is 53.7 Å². The smallest absolute Gasteiger partial charge is 0.244 e. The monoisotopic (exact) mass is 372 g/mol. The van der Waals surface area contributed by atoms with E-state index in [9.17, 15) is 8.42 Å². The summed E-state index contributed by atoms with van der Waals surface area (Å²) in [6.45, 7) is 4.41. The number of aromatic nitrogens is 1. The summed E-state index contributed by atoms with van der Waals surface area (Å²) in [6.07, 6.45) is 3.03. The van der Waals surface area contributed by atoms with Crippen LogP contribution >= 0.6 is 0 Å². The van der Waals surface area contributed by atoms with E-state index < -0.39 is 10.0 Å². The van der Waals surface area contributed by atoms with Gasteiger partial charge in [-0.1, -0.05) is 24.3 Å². The number of rotatable bonds is 2. The van der Waals surface area contributed by atoms with E-state index in [0.29, 0.717) is 13.1 Å². The molecule has 2 aliphatic heterocycles. The van der Waals surface area contributed by atoms with E-state index in [1.165, 1.54) is 17.3 Å². The molecule has 6 nitrogen and oxygen atoms in total. The number of likely N-dealkylation sites (N-methyl/N-ethyl adjacent to an activating group) is 1. The molecule has 1 atom stereocenters. The summed E-state index contributed by atoms with van der Waals surface area (Å²) in [7, 11) is -1.38. The zero-order valence-corrected chi connectivity index (χ0v) is 15.8. The molecule has 0 N–H and O–H groups in total. The van der Waals surface area contributed by atoms with Crippen LogP contribution in [0, 0.1) is 0 Å². The van der Waals surface area contributed by atoms with Crippen molar-refractivity contribution >= 4 is 10.0 Å². The van der Waals surface area contributed by atoms with Gasteiger partial charge in [0.2, 0.25) is 10.0 Å². The Labute approximate surface area is 155 Å². The van der Waals surface area contributed by atoms with Crippen molar-refractivity contribution in [1.29, 1.82) is 0 Å². The van der Waals surface area contributed by atoms with Gasteiger partial charge in [-0.15, -0.1) is 0 Å². The van der Waals surface area contributed by atoms with Gasteiger partial charge in [0.1, 0.15) is 4.90 Å². The van der Waals surface area contributed by atoms with Gasteiger partial charge in [0.15, 0.2) is 0 Å². The summed E-state index contributed by atoms with van der Waals surface area (Å²) in [5.41, 5.74) is 2.70. The lowest BCUT2D eigenvalue weighted by Gasteiger charge is -2.43. The molecule has 2 aromatic rings. The molecular weight excluding hydrogens is 348 g/mol. The Bertz CT molecular complexity index is 872. The minimum absolute atomic E-state index is 0.188. The fourth-order valence-electron chi connectivity index (χ4n) is 3.91. The van der Waals surface area contributed by atoms with Crippen molar-refractivity contribution in [3.8, 4) is 0 Å². The number of benzene rings is 1. The van der Waals surface area contributed by atoms with E-state index in [0.717, 1.165) is 26.2 Å². The second-order valence-electron chi connectivity index (χ2n) is 7.14. The van der Waals surface area contributed by atoms with Crippen LogP contribution in [0.1, 0.15) is 11.1 Å². The van der Waals surface area contributed by atoms with Crippen LogP contribution in [-0.4, -0.2) is 66.8 Å². The first kappa shape index (κ1) is 17.6. The van der Waals surface area contributed by atoms with Gasteiger partial charge in [0.25, 0.3) is 0 Å². The molecule has 4 rings (SSSR count). The molecule has 0 radical (unpaired) electrons. The third-order valence-corrected chi connectivity index (χ3v) is 7.14. The lowest BCUT2D eigenvalue weighted by atomic mass is 10.0. The predicted octanol–water partition coefficient (Wildman–Crippen LogP) is 1.40. The highest BCUT2D eigenvalue weighted by atomic mass is 32.2. The molecule has 0 amide bonds. The quantitative estimate of drug-likeness (QED) is 0.798. The molecule has 3 heterocycles. The molecule has 1 fully saturated rings. The molecule has 1 saturated heterocycles. The van der Waals surface area contributed by atoms with Crippen LogP contribution in [0.4, 0.5) is 0 Å². The number of hydrogen-bond acceptors (Lipinski definition) is 5. The highest BCUT2D eigenvalue weighted by molar-refractivity contribution is 7.89. The number of nitrogens with zero attached hydrogens (tertiary/aromatic N) is 4. The Balaban J connectivity index is 1.57. The van der Waals surface area contributed by atoms with Crippen LogP contribution in [-0.2, 0) is 23.1 Å². The highest BCUT2D eigenvalue weighted by Crippen LogP contribution is 2.24. The summed E-state index contributed by atoms with van der Waals surface area (Å²) in [6, 6.07) is 12.0. The lowest BCUT2D eigenvalue weighted by molar-refractivity contribution is 0.0767. The molecule has 138 valence electrons. The number of sulfonamides is 1. The van der Waals surface area contributed by atoms with E-state index in [2.05, 4.69) is 46.1 Å². The van der Waals surface area contributed by atoms with E-state index in [1.54, 1.807) is 22.6 Å². The molecule has 26 heavy (non-hydrogen) atoms. The Morgan fingerprint density at radius 2 is 1.77 bits per heavy atom. The highest BCUT2D eigenvalue weighted by Gasteiger charge is 2.35. The van der Waals surface area contributed by atoms with Crippen molar-refractivity contribution in [1.82, 2.24) is 19.1 Å². The summed E-state index contributed by atoms with van der Waals surface area (Å²) in [5, 5.41) is 0. The Morgan fingerprint density at radius 3 is 2.50 bits per heavy atom. The normalized spacial score (nSPS) is 22.9. The molecule has 1 aromatic heterocycles. The Kier molecular flexibility index (Phi) is 4.79. The topological polar surface area (TPSA) is 56.8 Å². The Morgan fingerprint density at radius 1 is 1.00 bits per heavy atom. The SMILES string of the molecule is CN1Cc2ccccc2CN2CCN(S(=O)(=O)c3cccnc3)CC2C1. The fourth-order valence-corrected chi connectivity index (χ4v) is 5.35. The standard InChI is InChI=1S/C19H24N4O2S/c1-21-12-16-5-2-3-6-17(16)13-22-9-10-23(15-18(22)14-21)26(24,25)19-7-4-8-20-11-19/h2-8,11,18H,9-10,12-15H2,1H3. The van der Waals surface area contributed by atoms with E-state index >= 15 is 0 Å². The van der Waals surface area contributed by atoms with Crippen LogP contribution in [0.3, 0.4) is 0 Å². The van der Waals surface area contributed by atoms with Gasteiger partial charge in [0, 0.05) is 57.7 Å². The largest absolute Gasteiger partial charge is 0.300 e. The van der Waals surface area contributed by atoms with Gasteiger partial charge in [-0.05, 0) is 30.3 Å². The van der Waals surface area contributed by atoms with Gasteiger partial charge < -0.3 is 4.90 Å². The van der Waals surface area contributed by atoms with Crippen LogP contribution in [0.5, 0.6) is 0 Å². The molecule has 0 aliphatic carbocycles. The first-order chi connectivity index (χ1) is 12.5. The maximum atomic E-state index is 12.9. The third kappa shape index (κ3) is 3.40. The molecular formula is C19H24N4O2S. The van der Waals surface area contributed by atoms with Gasteiger partial charge in [-0.2, -0.15) is 4.31 Å². The average Bonchev–Trinajstić information content (AvgIpc) is 2.63. The van der Waals surface area contributed by atoms with Gasteiger partial charge in [0.05, 0.1) is 0 Å². The molecule has 0 saturated carbocycles. The van der Waals surface area contributed by atoms with E-state index in [4.69, 9.17) is 0 Å². The molecule has 7 heteroatoms. The second-order valence-corrected chi connectivity index (χ2v) is 9.08. The fraction of sp³-hybridized carbons (Fsp3) is 0.421. The first-order valence-electron chi connectivity index (χ1n) is 8.93. The third-order valence-electron chi connectivity index (χ3n) is 5.29. The van der Waals surface area contributed by atoms with Gasteiger partial charge in [-0.3, -0.25) is 9.88 Å². The number of hydrogen-bond donors (Lipinski definition) is 0. The number of fused-ring (bicyclic) bond motifs is 2. The number of pyridine rings is 1. The van der Waals surface area contributed by atoms with E-state index in [-0.39, 0.29) is 10.9 Å². The second kappa shape index (κ2) is 7.08. The summed E-state index contributed by atoms with van der Waals surface area (Å²) < 4.78 is 27.5. The summed E-state index contributed by atoms with van der Waals surface area (Å²) in [5.74, 6) is 0. The number of piperazine rings is 1. The zero-order valence-electron chi connectivity index (χ0n) is 15.0. The average molecular weight is 372 g/mol. The zero-order chi connectivity index (χ0) is 18.1. The lowest BCUT2D eigenvalue weighted by Crippen LogP contribution is -2.58. The maximum Gasteiger partial charge on any atom is 0.244 e. The molecule has 2 aliphatic rings. The van der Waals surface area contributed by atoms with Crippen LogP contribution in [0.25, 0.3) is 0 Å². The predicted molar refractivity (Wildman–Crippen MR) is 100.0 cm³/mol. The molecule has 1 aromatic carbocycles. The van der Waals surface area contributed by atoms with Crippen molar-refractivity contribution in [3.05, 3.63) is 59.9 Å². The van der Waals surface area contributed by atoms with Crippen molar-refractivity contribution < 1.29 is 8.42 Å². The Hall–Kier alpha value is -1.80. The van der Waals surface area contributed by atoms with E-state index in [1.807, 2.05) is 0 Å². The van der Waals surface area contributed by atoms with Crippen molar-refractivity contribution in [2.75, 3.05) is 33.2 Å². The molecule has 0 bridgehead atoms. The van der Waals surface area contributed by atoms with Crippen molar-refractivity contribution in [2.24, 2.45) is 0 Å². The molecule has 1 unspecified atom stereocenters. The van der Waals surface area contributed by atoms with Crippen molar-refractivity contribution in [3.63, 3.8) is 0 Å². The summed E-state index contributed by atoms with van der Waals surface area (Å²) >= 11 is 0.